The first-order chi connectivity index (χ1) is 8.06. The SMILES string of the molecule is CCCc1c(O)[n+]([O-])c2ccc(Cl)cn2c1=O. The van der Waals surface area contributed by atoms with Crippen molar-refractivity contribution in [3.05, 3.63) is 44.5 Å². The predicted molar refractivity (Wildman–Crippen MR) is 63.3 cm³/mol. The summed E-state index contributed by atoms with van der Waals surface area (Å²) < 4.78 is 1.49. The molecule has 0 radical (unpaired) electrons. The Morgan fingerprint density at radius 2 is 2.24 bits per heavy atom. The predicted octanol–water partition coefficient (Wildman–Crippen LogP) is 1.24. The fourth-order valence-electron chi connectivity index (χ4n) is 1.74. The van der Waals surface area contributed by atoms with Crippen molar-refractivity contribution in [2.75, 3.05) is 0 Å². The minimum Gasteiger partial charge on any atom is -0.708 e. The lowest BCUT2D eigenvalue weighted by Gasteiger charge is -2.10. The van der Waals surface area contributed by atoms with Crippen LogP contribution in [0.25, 0.3) is 5.65 Å². The van der Waals surface area contributed by atoms with Crippen LogP contribution in [0.1, 0.15) is 18.9 Å². The zero-order valence-corrected chi connectivity index (χ0v) is 9.94. The fraction of sp³-hybridized carbons (Fsp3) is 0.273. The Labute approximate surface area is 102 Å². The molecule has 0 atom stereocenters. The van der Waals surface area contributed by atoms with E-state index in [0.29, 0.717) is 22.6 Å². The molecule has 6 heteroatoms. The van der Waals surface area contributed by atoms with Gasteiger partial charge in [-0.15, -0.1) is 0 Å². The van der Waals surface area contributed by atoms with Crippen molar-refractivity contribution < 1.29 is 9.84 Å². The van der Waals surface area contributed by atoms with Crippen molar-refractivity contribution >= 4 is 17.2 Å². The van der Waals surface area contributed by atoms with Gasteiger partial charge in [-0.25, -0.2) is 4.79 Å². The van der Waals surface area contributed by atoms with E-state index in [9.17, 15) is 15.1 Å². The smallest absolute Gasteiger partial charge is 0.349 e. The summed E-state index contributed by atoms with van der Waals surface area (Å²) in [4.78, 5) is 12.0. The minimum atomic E-state index is -0.529. The van der Waals surface area contributed by atoms with Gasteiger partial charge in [0, 0.05) is 6.07 Å². The molecule has 0 aliphatic heterocycles. The molecular weight excluding hydrogens is 244 g/mol. The first-order valence-electron chi connectivity index (χ1n) is 5.21. The number of halogens is 1. The van der Waals surface area contributed by atoms with Crippen molar-refractivity contribution in [1.82, 2.24) is 4.40 Å². The molecule has 0 aliphatic carbocycles. The highest BCUT2D eigenvalue weighted by Crippen LogP contribution is 2.13. The Hall–Kier alpha value is -1.75. The van der Waals surface area contributed by atoms with Crippen LogP contribution in [-0.2, 0) is 6.42 Å². The maximum Gasteiger partial charge on any atom is 0.349 e. The van der Waals surface area contributed by atoms with Crippen LogP contribution >= 0.6 is 11.6 Å². The molecule has 90 valence electrons. The van der Waals surface area contributed by atoms with Crippen molar-refractivity contribution in [3.8, 4) is 5.88 Å². The van der Waals surface area contributed by atoms with Crippen LogP contribution in [0.5, 0.6) is 5.88 Å². The van der Waals surface area contributed by atoms with Gasteiger partial charge in [0.15, 0.2) is 0 Å². The van der Waals surface area contributed by atoms with E-state index >= 15 is 0 Å². The van der Waals surface area contributed by atoms with Gasteiger partial charge in [-0.3, -0.25) is 0 Å². The van der Waals surface area contributed by atoms with Gasteiger partial charge in [-0.1, -0.05) is 24.9 Å². The molecule has 0 unspecified atom stereocenters. The number of rotatable bonds is 2. The lowest BCUT2D eigenvalue weighted by Crippen LogP contribution is -2.37. The number of aromatic hydroxyl groups is 1. The maximum atomic E-state index is 12.0. The molecular formula is C11H11ClN2O3. The normalized spacial score (nSPS) is 10.9. The highest BCUT2D eigenvalue weighted by molar-refractivity contribution is 6.30. The van der Waals surface area contributed by atoms with E-state index in [1.54, 1.807) is 0 Å². The van der Waals surface area contributed by atoms with Gasteiger partial charge in [-0.2, -0.15) is 9.13 Å². The van der Waals surface area contributed by atoms with E-state index in [1.165, 1.54) is 18.3 Å². The third-order valence-electron chi connectivity index (χ3n) is 2.54. The molecule has 2 heterocycles. The van der Waals surface area contributed by atoms with Crippen molar-refractivity contribution in [1.29, 1.82) is 0 Å². The van der Waals surface area contributed by atoms with Gasteiger partial charge < -0.3 is 10.3 Å². The van der Waals surface area contributed by atoms with E-state index < -0.39 is 11.4 Å². The Morgan fingerprint density at radius 1 is 1.53 bits per heavy atom. The largest absolute Gasteiger partial charge is 0.708 e. The molecule has 0 saturated carbocycles. The van der Waals surface area contributed by atoms with Crippen molar-refractivity contribution in [2.45, 2.75) is 19.8 Å². The molecule has 1 N–H and O–H groups in total. The van der Waals surface area contributed by atoms with Crippen LogP contribution in [0.2, 0.25) is 5.02 Å². The number of aromatic nitrogens is 2. The van der Waals surface area contributed by atoms with E-state index in [2.05, 4.69) is 0 Å². The van der Waals surface area contributed by atoms with E-state index in [0.717, 1.165) is 4.40 Å². The number of hydrogen-bond acceptors (Lipinski definition) is 3. The molecule has 2 rings (SSSR count). The summed E-state index contributed by atoms with van der Waals surface area (Å²) in [7, 11) is 0. The summed E-state index contributed by atoms with van der Waals surface area (Å²) >= 11 is 5.78. The highest BCUT2D eigenvalue weighted by atomic mass is 35.5. The maximum absolute atomic E-state index is 12.0. The Kier molecular flexibility index (Phi) is 2.93. The van der Waals surface area contributed by atoms with Crippen LogP contribution in [-0.4, -0.2) is 9.51 Å². The number of hydrogen-bond donors (Lipinski definition) is 1. The Morgan fingerprint density at radius 3 is 2.88 bits per heavy atom. The number of pyridine rings is 1. The Bertz CT molecular complexity index is 637. The summed E-state index contributed by atoms with van der Waals surface area (Å²) in [6, 6.07) is 2.88. The summed E-state index contributed by atoms with van der Waals surface area (Å²) in [5.41, 5.74) is -0.243. The zero-order chi connectivity index (χ0) is 12.6. The zero-order valence-electron chi connectivity index (χ0n) is 9.18. The monoisotopic (exact) mass is 254 g/mol. The first kappa shape index (κ1) is 11.7. The first-order valence-corrected chi connectivity index (χ1v) is 5.59. The van der Waals surface area contributed by atoms with Gasteiger partial charge in [-0.05, 0) is 12.5 Å². The molecule has 0 saturated heterocycles. The van der Waals surface area contributed by atoms with Gasteiger partial charge in [0.05, 0.1) is 5.02 Å². The van der Waals surface area contributed by atoms with E-state index in [4.69, 9.17) is 11.6 Å². The molecule has 0 amide bonds. The summed E-state index contributed by atoms with van der Waals surface area (Å²) in [6.07, 6.45) is 2.38. The van der Waals surface area contributed by atoms with Crippen LogP contribution in [0.15, 0.2) is 23.1 Å². The summed E-state index contributed by atoms with van der Waals surface area (Å²) in [6.45, 7) is 1.86. The van der Waals surface area contributed by atoms with Crippen LogP contribution in [0.4, 0.5) is 0 Å². The van der Waals surface area contributed by atoms with Gasteiger partial charge in [0.25, 0.3) is 11.5 Å². The van der Waals surface area contributed by atoms with Gasteiger partial charge in [0.1, 0.15) is 11.8 Å². The van der Waals surface area contributed by atoms with Crippen molar-refractivity contribution in [3.63, 3.8) is 0 Å². The second-order valence-corrected chi connectivity index (χ2v) is 4.16. The minimum absolute atomic E-state index is 0.0525. The topological polar surface area (TPSA) is 68.7 Å². The molecule has 0 bridgehead atoms. The van der Waals surface area contributed by atoms with Crippen LogP contribution in [0, 0.1) is 5.21 Å². The second-order valence-electron chi connectivity index (χ2n) is 3.73. The molecule has 5 nitrogen and oxygen atoms in total. The number of nitrogens with zero attached hydrogens (tertiary/aromatic N) is 2. The second kappa shape index (κ2) is 4.25. The summed E-state index contributed by atoms with van der Waals surface area (Å²) in [5, 5.41) is 21.8. The lowest BCUT2D eigenvalue weighted by molar-refractivity contribution is -0.590. The highest BCUT2D eigenvalue weighted by Gasteiger charge is 2.19. The van der Waals surface area contributed by atoms with Gasteiger partial charge >= 0.3 is 5.56 Å². The Balaban J connectivity index is 2.90. The molecule has 2 aromatic rings. The van der Waals surface area contributed by atoms with Crippen molar-refractivity contribution in [2.24, 2.45) is 0 Å². The summed E-state index contributed by atoms with van der Waals surface area (Å²) in [5.74, 6) is -0.529. The molecule has 0 aromatic carbocycles. The molecule has 17 heavy (non-hydrogen) atoms. The molecule has 0 aliphatic rings. The molecule has 0 fully saturated rings. The third kappa shape index (κ3) is 1.82. The van der Waals surface area contributed by atoms with Gasteiger partial charge in [0.2, 0.25) is 0 Å². The standard InChI is InChI=1S/C11H11ClN2O3/c1-2-3-8-10(15)13-6-7(12)4-5-9(13)14(17)11(8)16/h4-6,16H,2-3H2,1H3. The van der Waals surface area contributed by atoms with Crippen LogP contribution < -0.4 is 10.3 Å². The van der Waals surface area contributed by atoms with E-state index in [1.807, 2.05) is 6.92 Å². The quantitative estimate of drug-likeness (QED) is 0.648. The fourth-order valence-corrected chi connectivity index (χ4v) is 1.90. The molecule has 2 aromatic heterocycles. The molecule has 0 spiro atoms. The van der Waals surface area contributed by atoms with E-state index in [-0.39, 0.29) is 11.2 Å². The lowest BCUT2D eigenvalue weighted by atomic mass is 10.2. The average molecular weight is 255 g/mol. The third-order valence-corrected chi connectivity index (χ3v) is 2.76. The average Bonchev–Trinajstić information content (AvgIpc) is 2.32. The van der Waals surface area contributed by atoms with Crippen LogP contribution in [0.3, 0.4) is 0 Å². The number of fused-ring (bicyclic) bond motifs is 1.